The van der Waals surface area contributed by atoms with Gasteiger partial charge in [-0.3, -0.25) is 0 Å². The Labute approximate surface area is 183 Å². The number of halogens is 1. The molecule has 1 aliphatic rings. The molecule has 0 bridgehead atoms. The maximum Gasteiger partial charge on any atom is 0.0964 e. The molecular formula is C25H27ClN2S. The molecule has 1 aliphatic heterocycles. The second-order valence-corrected chi connectivity index (χ2v) is 9.79. The van der Waals surface area contributed by atoms with Gasteiger partial charge < -0.3 is 4.90 Å². The molecule has 0 aliphatic carbocycles. The predicted octanol–water partition coefficient (Wildman–Crippen LogP) is 7.20. The van der Waals surface area contributed by atoms with Crippen LogP contribution in [0.5, 0.6) is 0 Å². The second kappa shape index (κ2) is 8.81. The zero-order valence-electron chi connectivity index (χ0n) is 17.2. The van der Waals surface area contributed by atoms with Crippen molar-refractivity contribution in [2.75, 3.05) is 18.0 Å². The molecule has 1 aromatic heterocycles. The number of hydrogen-bond acceptors (Lipinski definition) is 3. The number of hydrogen-bond donors (Lipinski definition) is 0. The van der Waals surface area contributed by atoms with Crippen molar-refractivity contribution in [1.29, 1.82) is 0 Å². The van der Waals surface area contributed by atoms with E-state index in [2.05, 4.69) is 73.1 Å². The van der Waals surface area contributed by atoms with Crippen molar-refractivity contribution in [3.8, 4) is 11.1 Å². The summed E-state index contributed by atoms with van der Waals surface area (Å²) in [5.74, 6) is 0.518. The molecule has 0 amide bonds. The molecule has 1 fully saturated rings. The van der Waals surface area contributed by atoms with E-state index in [4.69, 9.17) is 11.6 Å². The lowest BCUT2D eigenvalue weighted by Gasteiger charge is -2.22. The largest absolute Gasteiger partial charge is 0.370 e. The van der Waals surface area contributed by atoms with Gasteiger partial charge in [-0.05, 0) is 65.8 Å². The molecule has 0 N–H and O–H groups in total. The van der Waals surface area contributed by atoms with Crippen LogP contribution < -0.4 is 4.90 Å². The van der Waals surface area contributed by atoms with Crippen LogP contribution in [0.1, 0.15) is 37.3 Å². The van der Waals surface area contributed by atoms with Crippen LogP contribution in [0.15, 0.2) is 65.8 Å². The molecule has 0 unspecified atom stereocenters. The minimum Gasteiger partial charge on any atom is -0.370 e. The van der Waals surface area contributed by atoms with Crippen LogP contribution in [0.4, 0.5) is 5.69 Å². The van der Waals surface area contributed by atoms with E-state index in [0.29, 0.717) is 16.2 Å². The van der Waals surface area contributed by atoms with Gasteiger partial charge in [0.2, 0.25) is 0 Å². The number of benzene rings is 2. The van der Waals surface area contributed by atoms with Gasteiger partial charge in [0.1, 0.15) is 0 Å². The quantitative estimate of drug-likeness (QED) is 0.432. The molecule has 2 nitrogen and oxygen atoms in total. The molecule has 3 aromatic rings. The predicted molar refractivity (Wildman–Crippen MR) is 126 cm³/mol. The van der Waals surface area contributed by atoms with E-state index in [1.54, 1.807) is 6.20 Å². The van der Waals surface area contributed by atoms with Crippen molar-refractivity contribution in [3.05, 3.63) is 76.9 Å². The third kappa shape index (κ3) is 4.62. The van der Waals surface area contributed by atoms with Crippen LogP contribution in [0.2, 0.25) is 5.02 Å². The van der Waals surface area contributed by atoms with Crippen LogP contribution in [-0.4, -0.2) is 23.3 Å². The normalized spacial score (nSPS) is 16.6. The minimum atomic E-state index is 0.518. The molecule has 2 aromatic carbocycles. The number of anilines is 1. The van der Waals surface area contributed by atoms with Gasteiger partial charge in [0.15, 0.2) is 0 Å². The summed E-state index contributed by atoms with van der Waals surface area (Å²) in [4.78, 5) is 6.95. The van der Waals surface area contributed by atoms with Crippen molar-refractivity contribution in [2.45, 2.75) is 43.4 Å². The lowest BCUT2D eigenvalue weighted by atomic mass is 9.92. The van der Waals surface area contributed by atoms with E-state index in [9.17, 15) is 0 Å². The Kier molecular flexibility index (Phi) is 6.17. The van der Waals surface area contributed by atoms with Crippen LogP contribution >= 0.6 is 23.4 Å². The summed E-state index contributed by atoms with van der Waals surface area (Å²) in [6, 6.07) is 19.6. The van der Waals surface area contributed by atoms with Gasteiger partial charge in [-0.15, -0.1) is 11.8 Å². The first-order valence-electron chi connectivity index (χ1n) is 10.2. The average Bonchev–Trinajstić information content (AvgIpc) is 3.17. The molecule has 150 valence electrons. The molecule has 29 heavy (non-hydrogen) atoms. The smallest absolute Gasteiger partial charge is 0.0964 e. The highest BCUT2D eigenvalue weighted by Crippen LogP contribution is 2.35. The molecule has 4 heteroatoms. The van der Waals surface area contributed by atoms with Gasteiger partial charge in [-0.1, -0.05) is 55.8 Å². The van der Waals surface area contributed by atoms with E-state index in [1.165, 1.54) is 34.4 Å². The zero-order valence-corrected chi connectivity index (χ0v) is 18.8. The summed E-state index contributed by atoms with van der Waals surface area (Å²) in [6.45, 7) is 8.90. The third-order valence-electron chi connectivity index (χ3n) is 5.56. The fourth-order valence-corrected chi connectivity index (χ4v) is 5.28. The maximum absolute atomic E-state index is 5.95. The Balaban J connectivity index is 1.50. The van der Waals surface area contributed by atoms with Gasteiger partial charge in [0, 0.05) is 30.2 Å². The summed E-state index contributed by atoms with van der Waals surface area (Å²) in [7, 11) is 0. The highest BCUT2D eigenvalue weighted by Gasteiger charge is 2.25. The second-order valence-electron chi connectivity index (χ2n) is 8.03. The van der Waals surface area contributed by atoms with Gasteiger partial charge >= 0.3 is 0 Å². The number of pyridine rings is 1. The Morgan fingerprint density at radius 3 is 2.66 bits per heavy atom. The molecule has 1 atom stereocenters. The SMILES string of the molecule is Cc1cc(-c2ccccc2C(C)C)ccc1N1CC[C@H](Sc2ccc(Cl)cn2)C1. The third-order valence-corrected chi connectivity index (χ3v) is 6.99. The summed E-state index contributed by atoms with van der Waals surface area (Å²) < 4.78 is 0. The summed E-state index contributed by atoms with van der Waals surface area (Å²) in [5.41, 5.74) is 6.76. The fourth-order valence-electron chi connectivity index (χ4n) is 4.09. The number of aryl methyl sites for hydroxylation is 1. The monoisotopic (exact) mass is 422 g/mol. The standard InChI is InChI=1S/C25H27ClN2S/c1-17(2)22-6-4-5-7-23(22)19-8-10-24(18(3)14-19)28-13-12-21(16-28)29-25-11-9-20(26)15-27-25/h4-11,14-15,17,21H,12-13,16H2,1-3H3/t21-/m0/s1. The van der Waals surface area contributed by atoms with Crippen LogP contribution in [0, 0.1) is 6.92 Å². The van der Waals surface area contributed by atoms with Gasteiger partial charge in [-0.25, -0.2) is 4.98 Å². The lowest BCUT2D eigenvalue weighted by Crippen LogP contribution is -2.21. The van der Waals surface area contributed by atoms with Crippen LogP contribution in [0.3, 0.4) is 0 Å². The minimum absolute atomic E-state index is 0.518. The fraction of sp³-hybridized carbons (Fsp3) is 0.320. The van der Waals surface area contributed by atoms with E-state index in [0.717, 1.165) is 18.1 Å². The molecule has 4 rings (SSSR count). The van der Waals surface area contributed by atoms with Crippen molar-refractivity contribution < 1.29 is 0 Å². The molecule has 0 radical (unpaired) electrons. The average molecular weight is 423 g/mol. The molecular weight excluding hydrogens is 396 g/mol. The zero-order chi connectivity index (χ0) is 20.4. The van der Waals surface area contributed by atoms with Crippen molar-refractivity contribution in [1.82, 2.24) is 4.98 Å². The molecule has 0 saturated carbocycles. The number of rotatable bonds is 5. The summed E-state index contributed by atoms with van der Waals surface area (Å²) >= 11 is 7.81. The molecule has 0 spiro atoms. The lowest BCUT2D eigenvalue weighted by molar-refractivity contribution is 0.869. The van der Waals surface area contributed by atoms with E-state index < -0.39 is 0 Å². The Bertz CT molecular complexity index is 984. The van der Waals surface area contributed by atoms with E-state index in [-0.39, 0.29) is 0 Å². The van der Waals surface area contributed by atoms with Crippen LogP contribution in [0.25, 0.3) is 11.1 Å². The number of thioether (sulfide) groups is 1. The Hall–Kier alpha value is -1.97. The first kappa shape index (κ1) is 20.3. The van der Waals surface area contributed by atoms with Gasteiger partial charge in [0.05, 0.1) is 10.0 Å². The Morgan fingerprint density at radius 2 is 1.93 bits per heavy atom. The van der Waals surface area contributed by atoms with E-state index >= 15 is 0 Å². The maximum atomic E-state index is 5.95. The summed E-state index contributed by atoms with van der Waals surface area (Å²) in [5, 5.41) is 2.31. The highest BCUT2D eigenvalue weighted by atomic mass is 35.5. The van der Waals surface area contributed by atoms with Crippen molar-refractivity contribution in [3.63, 3.8) is 0 Å². The number of aromatic nitrogens is 1. The van der Waals surface area contributed by atoms with Crippen LogP contribution in [-0.2, 0) is 0 Å². The highest BCUT2D eigenvalue weighted by molar-refractivity contribution is 7.99. The topological polar surface area (TPSA) is 16.1 Å². The van der Waals surface area contributed by atoms with E-state index in [1.807, 2.05) is 23.9 Å². The number of nitrogens with zero attached hydrogens (tertiary/aromatic N) is 2. The first-order chi connectivity index (χ1) is 14.0. The summed E-state index contributed by atoms with van der Waals surface area (Å²) in [6.07, 6.45) is 2.90. The Morgan fingerprint density at radius 1 is 1.10 bits per heavy atom. The van der Waals surface area contributed by atoms with Crippen molar-refractivity contribution in [2.24, 2.45) is 0 Å². The molecule has 2 heterocycles. The van der Waals surface area contributed by atoms with Gasteiger partial charge in [-0.2, -0.15) is 0 Å². The first-order valence-corrected chi connectivity index (χ1v) is 11.5. The molecule has 1 saturated heterocycles. The van der Waals surface area contributed by atoms with Gasteiger partial charge in [0.25, 0.3) is 0 Å². The van der Waals surface area contributed by atoms with Crippen molar-refractivity contribution >= 4 is 29.1 Å².